The number of amides is 1. The standard InChI is InChI=1S/C28H32FNO3/c1-21-26(32-2)19-24(20-27(21)33-3)28(31)30(17-7-11-22-9-5-4-6-10-22)18-8-12-23-13-15-25(29)16-14-23/h4-6,9-10,13-16,19-20H,7-8,11-12,17-18H2,1-3H3. The number of carbonyl (C=O) groups is 1. The number of hydrogen-bond donors (Lipinski definition) is 0. The normalized spacial score (nSPS) is 10.7. The molecule has 0 heterocycles. The number of carbonyl (C=O) groups excluding carboxylic acids is 1. The highest BCUT2D eigenvalue weighted by Crippen LogP contribution is 2.30. The van der Waals surface area contributed by atoms with Crippen LogP contribution in [0.3, 0.4) is 0 Å². The molecule has 0 unspecified atom stereocenters. The molecule has 0 aliphatic rings. The van der Waals surface area contributed by atoms with Gasteiger partial charge in [0.1, 0.15) is 17.3 Å². The van der Waals surface area contributed by atoms with Crippen molar-refractivity contribution in [3.8, 4) is 11.5 Å². The van der Waals surface area contributed by atoms with E-state index in [4.69, 9.17) is 9.47 Å². The van der Waals surface area contributed by atoms with Gasteiger partial charge in [0.15, 0.2) is 0 Å². The summed E-state index contributed by atoms with van der Waals surface area (Å²) in [6, 6.07) is 20.4. The fourth-order valence-electron chi connectivity index (χ4n) is 3.95. The molecule has 1 amide bonds. The minimum Gasteiger partial charge on any atom is -0.496 e. The van der Waals surface area contributed by atoms with E-state index in [1.54, 1.807) is 38.5 Å². The SMILES string of the molecule is COc1cc(C(=O)N(CCCc2ccccc2)CCCc2ccc(F)cc2)cc(OC)c1C. The van der Waals surface area contributed by atoms with E-state index < -0.39 is 0 Å². The Morgan fingerprint density at radius 2 is 1.33 bits per heavy atom. The van der Waals surface area contributed by atoms with E-state index in [2.05, 4.69) is 12.1 Å². The molecule has 0 spiro atoms. The second-order valence-corrected chi connectivity index (χ2v) is 8.12. The summed E-state index contributed by atoms with van der Waals surface area (Å²) >= 11 is 0. The molecule has 0 saturated carbocycles. The van der Waals surface area contributed by atoms with Crippen LogP contribution in [0.2, 0.25) is 0 Å². The fraction of sp³-hybridized carbons (Fsp3) is 0.321. The molecule has 174 valence electrons. The maximum atomic E-state index is 13.5. The number of hydrogen-bond acceptors (Lipinski definition) is 3. The van der Waals surface area contributed by atoms with Gasteiger partial charge in [-0.15, -0.1) is 0 Å². The van der Waals surface area contributed by atoms with Crippen molar-refractivity contribution in [1.29, 1.82) is 0 Å². The van der Waals surface area contributed by atoms with Crippen LogP contribution in [0.4, 0.5) is 4.39 Å². The fourth-order valence-corrected chi connectivity index (χ4v) is 3.95. The molecule has 0 radical (unpaired) electrons. The Bertz CT molecular complexity index is 1010. The number of methoxy groups -OCH3 is 2. The lowest BCUT2D eigenvalue weighted by Gasteiger charge is -2.24. The number of aryl methyl sites for hydroxylation is 2. The first-order valence-corrected chi connectivity index (χ1v) is 11.3. The van der Waals surface area contributed by atoms with Gasteiger partial charge in [0.2, 0.25) is 0 Å². The Kier molecular flexibility index (Phi) is 8.87. The quantitative estimate of drug-likeness (QED) is 0.368. The highest BCUT2D eigenvalue weighted by Gasteiger charge is 2.19. The van der Waals surface area contributed by atoms with Crippen LogP contribution in [-0.2, 0) is 12.8 Å². The average molecular weight is 450 g/mol. The van der Waals surface area contributed by atoms with Crippen molar-refractivity contribution in [1.82, 2.24) is 4.90 Å². The molecule has 0 N–H and O–H groups in total. The summed E-state index contributed by atoms with van der Waals surface area (Å²) in [5.74, 6) is 0.985. The van der Waals surface area contributed by atoms with Crippen LogP contribution < -0.4 is 9.47 Å². The van der Waals surface area contributed by atoms with Gasteiger partial charge in [0.05, 0.1) is 14.2 Å². The third kappa shape index (κ3) is 6.82. The number of rotatable bonds is 11. The molecule has 33 heavy (non-hydrogen) atoms. The van der Waals surface area contributed by atoms with Gasteiger partial charge in [-0.25, -0.2) is 4.39 Å². The lowest BCUT2D eigenvalue weighted by atomic mass is 10.1. The molecule has 3 rings (SSSR count). The van der Waals surface area contributed by atoms with Gasteiger partial charge >= 0.3 is 0 Å². The van der Waals surface area contributed by atoms with Crippen molar-refractivity contribution in [2.45, 2.75) is 32.6 Å². The summed E-state index contributed by atoms with van der Waals surface area (Å²) < 4.78 is 24.1. The number of halogens is 1. The monoisotopic (exact) mass is 449 g/mol. The summed E-state index contributed by atoms with van der Waals surface area (Å²) in [7, 11) is 3.19. The molecule has 0 atom stereocenters. The molecule has 3 aromatic rings. The Labute approximate surface area is 196 Å². The lowest BCUT2D eigenvalue weighted by molar-refractivity contribution is 0.0751. The van der Waals surface area contributed by atoms with E-state index in [1.807, 2.05) is 30.0 Å². The summed E-state index contributed by atoms with van der Waals surface area (Å²) in [5, 5.41) is 0. The summed E-state index contributed by atoms with van der Waals surface area (Å²) in [6.07, 6.45) is 3.35. The van der Waals surface area contributed by atoms with Crippen LogP contribution in [0.1, 0.15) is 39.9 Å². The van der Waals surface area contributed by atoms with Gasteiger partial charge < -0.3 is 14.4 Å². The third-order valence-corrected chi connectivity index (χ3v) is 5.83. The van der Waals surface area contributed by atoms with E-state index in [0.29, 0.717) is 30.2 Å². The summed E-state index contributed by atoms with van der Waals surface area (Å²) in [5.41, 5.74) is 3.74. The van der Waals surface area contributed by atoms with Crippen molar-refractivity contribution in [3.05, 3.63) is 94.8 Å². The Morgan fingerprint density at radius 3 is 1.85 bits per heavy atom. The number of ether oxygens (including phenoxy) is 2. The maximum Gasteiger partial charge on any atom is 0.254 e. The molecule has 0 aromatic heterocycles. The van der Waals surface area contributed by atoms with Gasteiger partial charge in [0.25, 0.3) is 5.91 Å². The van der Waals surface area contributed by atoms with Gasteiger partial charge in [-0.3, -0.25) is 4.79 Å². The molecule has 4 nitrogen and oxygen atoms in total. The molecule has 0 saturated heterocycles. The Balaban J connectivity index is 1.72. The first-order valence-electron chi connectivity index (χ1n) is 11.3. The first-order chi connectivity index (χ1) is 16.0. The van der Waals surface area contributed by atoms with E-state index in [1.165, 1.54) is 17.7 Å². The van der Waals surface area contributed by atoms with Crippen LogP contribution in [0, 0.1) is 12.7 Å². The Hall–Kier alpha value is -3.34. The minimum absolute atomic E-state index is 0.0428. The van der Waals surface area contributed by atoms with E-state index in [0.717, 1.165) is 36.8 Å². The van der Waals surface area contributed by atoms with Crippen molar-refractivity contribution >= 4 is 5.91 Å². The maximum absolute atomic E-state index is 13.5. The largest absolute Gasteiger partial charge is 0.496 e. The van der Waals surface area contributed by atoms with Gasteiger partial charge in [-0.1, -0.05) is 42.5 Å². The summed E-state index contributed by atoms with van der Waals surface area (Å²) in [4.78, 5) is 15.4. The van der Waals surface area contributed by atoms with Gasteiger partial charge in [0, 0.05) is 24.2 Å². The smallest absolute Gasteiger partial charge is 0.254 e. The second kappa shape index (κ2) is 12.0. The van der Waals surface area contributed by atoms with E-state index in [-0.39, 0.29) is 11.7 Å². The molecular formula is C28H32FNO3. The first kappa shape index (κ1) is 24.3. The average Bonchev–Trinajstić information content (AvgIpc) is 2.84. The van der Waals surface area contributed by atoms with E-state index in [9.17, 15) is 9.18 Å². The molecule has 0 aliphatic heterocycles. The third-order valence-electron chi connectivity index (χ3n) is 5.83. The molecule has 5 heteroatoms. The molecule has 0 fully saturated rings. The van der Waals surface area contributed by atoms with Gasteiger partial charge in [-0.05, 0) is 68.0 Å². The number of nitrogens with zero attached hydrogens (tertiary/aromatic N) is 1. The molecule has 0 bridgehead atoms. The van der Waals surface area contributed by atoms with Crippen LogP contribution in [0.15, 0.2) is 66.7 Å². The topological polar surface area (TPSA) is 38.8 Å². The highest BCUT2D eigenvalue weighted by atomic mass is 19.1. The number of benzene rings is 3. The highest BCUT2D eigenvalue weighted by molar-refractivity contribution is 5.95. The Morgan fingerprint density at radius 1 is 0.818 bits per heavy atom. The zero-order valence-electron chi connectivity index (χ0n) is 19.6. The molecule has 3 aromatic carbocycles. The van der Waals surface area contributed by atoms with Crippen molar-refractivity contribution in [2.24, 2.45) is 0 Å². The zero-order valence-corrected chi connectivity index (χ0v) is 19.6. The molecule has 0 aliphatic carbocycles. The summed E-state index contributed by atoms with van der Waals surface area (Å²) in [6.45, 7) is 3.17. The molecular weight excluding hydrogens is 417 g/mol. The lowest BCUT2D eigenvalue weighted by Crippen LogP contribution is -2.33. The van der Waals surface area contributed by atoms with Crippen LogP contribution in [0.5, 0.6) is 11.5 Å². The second-order valence-electron chi connectivity index (χ2n) is 8.12. The van der Waals surface area contributed by atoms with Crippen molar-refractivity contribution in [3.63, 3.8) is 0 Å². The van der Waals surface area contributed by atoms with Crippen LogP contribution in [0.25, 0.3) is 0 Å². The van der Waals surface area contributed by atoms with Gasteiger partial charge in [-0.2, -0.15) is 0 Å². The predicted molar refractivity (Wildman–Crippen MR) is 130 cm³/mol. The zero-order chi connectivity index (χ0) is 23.6. The van der Waals surface area contributed by atoms with Crippen LogP contribution in [-0.4, -0.2) is 38.1 Å². The van der Waals surface area contributed by atoms with Crippen molar-refractivity contribution < 1.29 is 18.7 Å². The minimum atomic E-state index is -0.237. The predicted octanol–water partition coefficient (Wildman–Crippen LogP) is 5.86. The van der Waals surface area contributed by atoms with Crippen molar-refractivity contribution in [2.75, 3.05) is 27.3 Å². The van der Waals surface area contributed by atoms with E-state index >= 15 is 0 Å². The van der Waals surface area contributed by atoms with Crippen LogP contribution >= 0.6 is 0 Å².